The van der Waals surface area contributed by atoms with Crippen LogP contribution in [0.1, 0.15) is 11.1 Å². The van der Waals surface area contributed by atoms with Crippen LogP contribution in [0, 0.1) is 11.8 Å². The van der Waals surface area contributed by atoms with Gasteiger partial charge in [0.05, 0.1) is 11.1 Å². The Hall–Kier alpha value is -3.08. The average Bonchev–Trinajstić information content (AvgIpc) is 2.64. The number of halogens is 8. The number of rotatable bonds is 2. The summed E-state index contributed by atoms with van der Waals surface area (Å²) in [4.78, 5) is 0. The van der Waals surface area contributed by atoms with Crippen molar-refractivity contribution in [1.82, 2.24) is 0 Å². The fraction of sp³-hybridized carbons (Fsp3) is 0.100. The highest BCUT2D eigenvalue weighted by Gasteiger charge is 2.39. The fourth-order valence-electron chi connectivity index (χ4n) is 2.13. The van der Waals surface area contributed by atoms with Crippen molar-refractivity contribution < 1.29 is 35.1 Å². The molecule has 28 heavy (non-hydrogen) atoms. The highest BCUT2D eigenvalue weighted by atomic mass is 19.4. The third-order valence-corrected chi connectivity index (χ3v) is 3.37. The van der Waals surface area contributed by atoms with Gasteiger partial charge >= 0.3 is 12.4 Å². The van der Waals surface area contributed by atoms with E-state index in [0.29, 0.717) is 0 Å². The van der Waals surface area contributed by atoms with Crippen molar-refractivity contribution in [1.29, 1.82) is 0 Å². The van der Waals surface area contributed by atoms with E-state index in [1.807, 2.05) is 0 Å². The van der Waals surface area contributed by atoms with Crippen molar-refractivity contribution in [3.05, 3.63) is 83.4 Å². The van der Waals surface area contributed by atoms with Crippen LogP contribution in [0.2, 0.25) is 0 Å². The van der Waals surface area contributed by atoms with Crippen LogP contribution in [0.15, 0.2) is 72.3 Å². The number of hydrogen-bond acceptors (Lipinski definition) is 0. The van der Waals surface area contributed by atoms with Crippen LogP contribution in [-0.2, 0) is 0 Å². The van der Waals surface area contributed by atoms with E-state index in [9.17, 15) is 35.1 Å². The molecule has 0 aliphatic carbocycles. The van der Waals surface area contributed by atoms with Gasteiger partial charge in [-0.15, -0.1) is 0 Å². The molecule has 146 valence electrons. The molecule has 0 N–H and O–H groups in total. The number of benzene rings is 2. The van der Waals surface area contributed by atoms with E-state index in [2.05, 4.69) is 0 Å². The predicted molar refractivity (Wildman–Crippen MR) is 88.8 cm³/mol. The minimum absolute atomic E-state index is 0.315. The molecule has 0 aliphatic rings. The van der Waals surface area contributed by atoms with Crippen molar-refractivity contribution in [2.75, 3.05) is 0 Å². The lowest BCUT2D eigenvalue weighted by molar-refractivity contribution is -0.108. The van der Waals surface area contributed by atoms with Crippen LogP contribution < -0.4 is 0 Å². The first-order valence-electron chi connectivity index (χ1n) is 7.58. The standard InChI is InChI=1S/C20H10F8/c21-17(19(23,24)25)15(13-7-3-1-4-8-13)11-12-16(18(22)20(26,27)28)14-9-5-2-6-10-14/h1-10H/b17-15-,18-16-. The zero-order chi connectivity index (χ0) is 20.9. The molecule has 0 aromatic heterocycles. The molecule has 0 heterocycles. The van der Waals surface area contributed by atoms with Crippen LogP contribution >= 0.6 is 0 Å². The lowest BCUT2D eigenvalue weighted by Crippen LogP contribution is -2.11. The molecule has 8 heteroatoms. The van der Waals surface area contributed by atoms with E-state index >= 15 is 0 Å². The van der Waals surface area contributed by atoms with Gasteiger partial charge in [0, 0.05) is 0 Å². The van der Waals surface area contributed by atoms with Gasteiger partial charge in [-0.25, -0.2) is 8.78 Å². The molecule has 0 saturated carbocycles. The number of alkyl halides is 6. The second-order valence-corrected chi connectivity index (χ2v) is 5.36. The Bertz CT molecular complexity index is 859. The van der Waals surface area contributed by atoms with Gasteiger partial charge in [0.1, 0.15) is 0 Å². The summed E-state index contributed by atoms with van der Waals surface area (Å²) >= 11 is 0. The van der Waals surface area contributed by atoms with Crippen molar-refractivity contribution in [2.45, 2.75) is 12.4 Å². The first-order chi connectivity index (χ1) is 13.0. The largest absolute Gasteiger partial charge is 0.444 e. The number of hydrogen-bond donors (Lipinski definition) is 0. The first kappa shape index (κ1) is 21.2. The average molecular weight is 402 g/mol. The molecular formula is C20H10F8. The van der Waals surface area contributed by atoms with E-state index in [4.69, 9.17) is 0 Å². The molecule has 0 saturated heterocycles. The van der Waals surface area contributed by atoms with Gasteiger partial charge in [0.2, 0.25) is 11.7 Å². The third-order valence-electron chi connectivity index (χ3n) is 3.37. The maximum atomic E-state index is 13.9. The molecule has 0 amide bonds. The Morgan fingerprint density at radius 2 is 0.821 bits per heavy atom. The summed E-state index contributed by atoms with van der Waals surface area (Å²) in [5.41, 5.74) is -3.03. The van der Waals surface area contributed by atoms with Gasteiger partial charge in [0.15, 0.2) is 0 Å². The molecule has 0 spiro atoms. The maximum absolute atomic E-state index is 13.9. The van der Waals surface area contributed by atoms with Crippen LogP contribution in [0.3, 0.4) is 0 Å². The Labute approximate surface area is 154 Å². The first-order valence-corrected chi connectivity index (χ1v) is 7.58. The fourth-order valence-corrected chi connectivity index (χ4v) is 2.13. The molecule has 2 rings (SSSR count). The van der Waals surface area contributed by atoms with Gasteiger partial charge in [-0.05, 0) is 11.1 Å². The Balaban J connectivity index is 2.72. The van der Waals surface area contributed by atoms with Crippen molar-refractivity contribution >= 4 is 11.1 Å². The second-order valence-electron chi connectivity index (χ2n) is 5.36. The maximum Gasteiger partial charge on any atom is 0.444 e. The molecule has 0 radical (unpaired) electrons. The summed E-state index contributed by atoms with van der Waals surface area (Å²) in [5, 5.41) is 0. The van der Waals surface area contributed by atoms with Gasteiger partial charge < -0.3 is 0 Å². The summed E-state index contributed by atoms with van der Waals surface area (Å²) in [6.07, 6.45) is -10.8. The van der Waals surface area contributed by atoms with E-state index in [1.54, 1.807) is 11.8 Å². The van der Waals surface area contributed by atoms with Crippen LogP contribution in [0.25, 0.3) is 11.1 Å². The van der Waals surface area contributed by atoms with Crippen molar-refractivity contribution in [3.8, 4) is 11.8 Å². The zero-order valence-electron chi connectivity index (χ0n) is 13.8. The molecule has 0 atom stereocenters. The van der Waals surface area contributed by atoms with Crippen molar-refractivity contribution in [3.63, 3.8) is 0 Å². The Morgan fingerprint density at radius 1 is 0.536 bits per heavy atom. The highest BCUT2D eigenvalue weighted by Crippen LogP contribution is 2.35. The van der Waals surface area contributed by atoms with E-state index in [1.165, 1.54) is 36.4 Å². The van der Waals surface area contributed by atoms with E-state index < -0.39 is 35.2 Å². The summed E-state index contributed by atoms with van der Waals surface area (Å²) in [5.74, 6) is -1.72. The lowest BCUT2D eigenvalue weighted by Gasteiger charge is -2.09. The smallest absolute Gasteiger partial charge is 0.200 e. The predicted octanol–water partition coefficient (Wildman–Crippen LogP) is 6.88. The molecular weight excluding hydrogens is 392 g/mol. The highest BCUT2D eigenvalue weighted by molar-refractivity contribution is 5.88. The monoisotopic (exact) mass is 402 g/mol. The van der Waals surface area contributed by atoms with Crippen LogP contribution in [0.4, 0.5) is 35.1 Å². The quantitative estimate of drug-likeness (QED) is 0.380. The Kier molecular flexibility index (Phi) is 6.29. The molecule has 2 aromatic rings. The van der Waals surface area contributed by atoms with Crippen LogP contribution in [0.5, 0.6) is 0 Å². The minimum atomic E-state index is -5.42. The van der Waals surface area contributed by atoms with Gasteiger partial charge in [-0.3, -0.25) is 0 Å². The minimum Gasteiger partial charge on any atom is -0.200 e. The second kappa shape index (κ2) is 8.30. The van der Waals surface area contributed by atoms with E-state index in [-0.39, 0.29) is 11.1 Å². The van der Waals surface area contributed by atoms with Gasteiger partial charge in [-0.1, -0.05) is 72.5 Å². The summed E-state index contributed by atoms with van der Waals surface area (Å²) in [6, 6.07) is 12.5. The summed E-state index contributed by atoms with van der Waals surface area (Å²) < 4.78 is 105. The lowest BCUT2D eigenvalue weighted by atomic mass is 10.0. The molecule has 0 fully saturated rings. The molecule has 0 nitrogen and oxygen atoms in total. The molecule has 0 unspecified atom stereocenters. The zero-order valence-corrected chi connectivity index (χ0v) is 13.8. The molecule has 2 aromatic carbocycles. The normalized spacial score (nSPS) is 13.9. The van der Waals surface area contributed by atoms with Gasteiger partial charge in [-0.2, -0.15) is 26.3 Å². The van der Waals surface area contributed by atoms with E-state index in [0.717, 1.165) is 24.3 Å². The molecule has 0 bridgehead atoms. The van der Waals surface area contributed by atoms with Crippen molar-refractivity contribution in [2.24, 2.45) is 0 Å². The third kappa shape index (κ3) is 5.22. The van der Waals surface area contributed by atoms with Crippen LogP contribution in [-0.4, -0.2) is 12.4 Å². The Morgan fingerprint density at radius 3 is 1.07 bits per heavy atom. The number of allylic oxidation sites excluding steroid dienone is 4. The van der Waals surface area contributed by atoms with Gasteiger partial charge in [0.25, 0.3) is 0 Å². The topological polar surface area (TPSA) is 0 Å². The summed E-state index contributed by atoms with van der Waals surface area (Å²) in [7, 11) is 0. The summed E-state index contributed by atoms with van der Waals surface area (Å²) in [6.45, 7) is 0. The SMILES string of the molecule is F/C(=C(/C#C/C(=C(/F)C(F)(F)F)c1ccccc1)c1ccccc1)C(F)(F)F. The molecule has 0 aliphatic heterocycles.